The van der Waals surface area contributed by atoms with Gasteiger partial charge in [0.25, 0.3) is 0 Å². The Kier molecular flexibility index (Phi) is 2.93. The van der Waals surface area contributed by atoms with E-state index in [0.717, 1.165) is 19.4 Å². The van der Waals surface area contributed by atoms with E-state index in [-0.39, 0.29) is 11.7 Å². The van der Waals surface area contributed by atoms with Crippen LogP contribution in [0.25, 0.3) is 0 Å². The minimum absolute atomic E-state index is 0.133. The molecule has 2 rings (SSSR count). The van der Waals surface area contributed by atoms with Crippen molar-refractivity contribution < 1.29 is 4.79 Å². The molecule has 76 valence electrons. The molecule has 0 saturated carbocycles. The van der Waals surface area contributed by atoms with Crippen molar-refractivity contribution in [2.24, 2.45) is 5.92 Å². The van der Waals surface area contributed by atoms with Crippen molar-refractivity contribution in [3.8, 4) is 0 Å². The lowest BCUT2D eigenvalue weighted by Gasteiger charge is -2.25. The highest BCUT2D eigenvalue weighted by atomic mass is 32.1. The Hall–Kier alpha value is -0.740. The fourth-order valence-electron chi connectivity index (χ4n) is 1.77. The highest BCUT2D eigenvalue weighted by Gasteiger charge is 2.25. The van der Waals surface area contributed by atoms with Crippen molar-refractivity contribution in [2.45, 2.75) is 25.8 Å². The largest absolute Gasteiger partial charge is 0.314 e. The minimum atomic E-state index is 0.133. The van der Waals surface area contributed by atoms with Gasteiger partial charge in [0.05, 0.1) is 0 Å². The number of nitrogens with one attached hydrogen (secondary N) is 1. The number of hydrogen-bond donors (Lipinski definition) is 1. The van der Waals surface area contributed by atoms with E-state index in [0.29, 0.717) is 11.7 Å². The zero-order valence-corrected chi connectivity index (χ0v) is 9.01. The molecule has 2 heterocycles. The van der Waals surface area contributed by atoms with Crippen molar-refractivity contribution in [2.75, 3.05) is 6.54 Å². The van der Waals surface area contributed by atoms with Gasteiger partial charge < -0.3 is 5.32 Å². The molecule has 0 aromatic carbocycles. The highest BCUT2D eigenvalue weighted by molar-refractivity contribution is 7.03. The highest BCUT2D eigenvalue weighted by Crippen LogP contribution is 2.18. The summed E-state index contributed by atoms with van der Waals surface area (Å²) in [6.45, 7) is 2.96. The number of Topliss-reactive ketones (excluding diaryl/α,β-unsaturated/α-hetero) is 1. The number of hydrogen-bond acceptors (Lipinski definition) is 4. The monoisotopic (exact) mass is 210 g/mol. The topological polar surface area (TPSA) is 42.0 Å². The molecule has 0 bridgehead atoms. The van der Waals surface area contributed by atoms with E-state index >= 15 is 0 Å². The molecule has 1 aliphatic heterocycles. The molecule has 1 fully saturated rings. The van der Waals surface area contributed by atoms with Crippen LogP contribution in [-0.4, -0.2) is 22.7 Å². The maximum absolute atomic E-state index is 11.9. The molecule has 1 aliphatic rings. The van der Waals surface area contributed by atoms with E-state index in [2.05, 4.69) is 16.6 Å². The van der Waals surface area contributed by atoms with Crippen LogP contribution in [0, 0.1) is 5.92 Å². The second-order valence-corrected chi connectivity index (χ2v) is 4.50. The molecule has 1 aromatic heterocycles. The third-order valence-corrected chi connectivity index (χ3v) is 3.28. The normalized spacial score (nSPS) is 27.5. The van der Waals surface area contributed by atoms with E-state index in [1.807, 2.05) is 11.4 Å². The van der Waals surface area contributed by atoms with Crippen LogP contribution in [0.1, 0.15) is 30.3 Å². The second-order valence-electron chi connectivity index (χ2n) is 3.83. The maximum Gasteiger partial charge on any atom is 0.186 e. The smallest absolute Gasteiger partial charge is 0.186 e. The number of carbonyl (C=O) groups excluding carboxylic acids is 1. The average Bonchev–Trinajstić information content (AvgIpc) is 2.71. The molecule has 0 spiro atoms. The van der Waals surface area contributed by atoms with E-state index in [9.17, 15) is 4.79 Å². The van der Waals surface area contributed by atoms with E-state index in [1.165, 1.54) is 11.5 Å². The molecule has 14 heavy (non-hydrogen) atoms. The standard InChI is InChI=1S/C10H14N2OS/c1-7-2-3-8(6-11-7)10(13)9-4-5-14-12-9/h4-5,7-8,11H,2-3,6H2,1H3. The Morgan fingerprint density at radius 2 is 2.50 bits per heavy atom. The summed E-state index contributed by atoms with van der Waals surface area (Å²) < 4.78 is 4.07. The Morgan fingerprint density at radius 1 is 1.64 bits per heavy atom. The molecule has 0 radical (unpaired) electrons. The zero-order chi connectivity index (χ0) is 9.97. The summed E-state index contributed by atoms with van der Waals surface area (Å²) in [4.78, 5) is 11.9. The Labute approximate surface area is 87.7 Å². The predicted molar refractivity (Wildman–Crippen MR) is 56.6 cm³/mol. The molecule has 2 atom stereocenters. The van der Waals surface area contributed by atoms with E-state index in [1.54, 1.807) is 0 Å². The first-order valence-corrected chi connectivity index (χ1v) is 5.79. The van der Waals surface area contributed by atoms with Crippen LogP contribution in [-0.2, 0) is 0 Å². The Morgan fingerprint density at radius 3 is 3.07 bits per heavy atom. The lowest BCUT2D eigenvalue weighted by atomic mass is 9.90. The van der Waals surface area contributed by atoms with Crippen molar-refractivity contribution in [1.82, 2.24) is 9.69 Å². The fourth-order valence-corrected chi connectivity index (χ4v) is 2.29. The molecule has 1 saturated heterocycles. The van der Waals surface area contributed by atoms with Crippen LogP contribution < -0.4 is 5.32 Å². The summed E-state index contributed by atoms with van der Waals surface area (Å²) in [5.41, 5.74) is 0.636. The molecule has 3 nitrogen and oxygen atoms in total. The number of rotatable bonds is 2. The molecule has 1 N–H and O–H groups in total. The van der Waals surface area contributed by atoms with Gasteiger partial charge in [-0.1, -0.05) is 0 Å². The summed E-state index contributed by atoms with van der Waals surface area (Å²) in [6, 6.07) is 2.36. The lowest BCUT2D eigenvalue weighted by molar-refractivity contribution is 0.0887. The Bertz CT molecular complexity index is 302. The van der Waals surface area contributed by atoms with Gasteiger partial charge in [-0.3, -0.25) is 4.79 Å². The second kappa shape index (κ2) is 4.19. The molecule has 2 unspecified atom stereocenters. The predicted octanol–water partition coefficient (Wildman–Crippen LogP) is 1.71. The van der Waals surface area contributed by atoms with Gasteiger partial charge >= 0.3 is 0 Å². The number of carbonyl (C=O) groups is 1. The molecule has 0 aliphatic carbocycles. The Balaban J connectivity index is 1.99. The van der Waals surface area contributed by atoms with Gasteiger partial charge in [0.1, 0.15) is 5.69 Å². The summed E-state index contributed by atoms with van der Waals surface area (Å²) >= 11 is 1.34. The fraction of sp³-hybridized carbons (Fsp3) is 0.600. The van der Waals surface area contributed by atoms with Gasteiger partial charge in [-0.2, -0.15) is 4.37 Å². The van der Waals surface area contributed by atoms with Crippen molar-refractivity contribution in [3.05, 3.63) is 17.1 Å². The summed E-state index contributed by atoms with van der Waals surface area (Å²) in [5, 5.41) is 5.18. The van der Waals surface area contributed by atoms with Gasteiger partial charge in [-0.25, -0.2) is 0 Å². The molecule has 4 heteroatoms. The third-order valence-electron chi connectivity index (χ3n) is 2.72. The van der Waals surface area contributed by atoms with Crippen LogP contribution in [0.3, 0.4) is 0 Å². The quantitative estimate of drug-likeness (QED) is 0.756. The van der Waals surface area contributed by atoms with Crippen molar-refractivity contribution >= 4 is 17.3 Å². The molecular formula is C10H14N2OS. The van der Waals surface area contributed by atoms with Gasteiger partial charge in [0.2, 0.25) is 0 Å². The average molecular weight is 210 g/mol. The number of piperidine rings is 1. The first-order chi connectivity index (χ1) is 6.77. The van der Waals surface area contributed by atoms with Crippen molar-refractivity contribution in [3.63, 3.8) is 0 Å². The SMILES string of the molecule is CC1CCC(C(=O)c2ccsn2)CN1. The molecule has 1 aromatic rings. The first-order valence-electron chi connectivity index (χ1n) is 4.95. The van der Waals surface area contributed by atoms with E-state index in [4.69, 9.17) is 0 Å². The number of aromatic nitrogens is 1. The maximum atomic E-state index is 11.9. The first kappa shape index (κ1) is 9.80. The van der Waals surface area contributed by atoms with E-state index < -0.39 is 0 Å². The third kappa shape index (κ3) is 2.01. The van der Waals surface area contributed by atoms with Crippen LogP contribution in [0.15, 0.2) is 11.4 Å². The molecular weight excluding hydrogens is 196 g/mol. The van der Waals surface area contributed by atoms with Crippen LogP contribution in [0.2, 0.25) is 0 Å². The van der Waals surface area contributed by atoms with Crippen LogP contribution >= 0.6 is 11.5 Å². The summed E-state index contributed by atoms with van der Waals surface area (Å²) in [7, 11) is 0. The van der Waals surface area contributed by atoms with Gasteiger partial charge in [0, 0.05) is 23.9 Å². The van der Waals surface area contributed by atoms with Gasteiger partial charge in [-0.05, 0) is 37.4 Å². The zero-order valence-electron chi connectivity index (χ0n) is 8.19. The van der Waals surface area contributed by atoms with Gasteiger partial charge in [0.15, 0.2) is 5.78 Å². The number of ketones is 1. The van der Waals surface area contributed by atoms with Crippen molar-refractivity contribution in [1.29, 1.82) is 0 Å². The summed E-state index contributed by atoms with van der Waals surface area (Å²) in [6.07, 6.45) is 2.07. The summed E-state index contributed by atoms with van der Waals surface area (Å²) in [5.74, 6) is 0.332. The van der Waals surface area contributed by atoms with Gasteiger partial charge in [-0.15, -0.1) is 0 Å². The molecule has 0 amide bonds. The van der Waals surface area contributed by atoms with Crippen LogP contribution in [0.5, 0.6) is 0 Å². The van der Waals surface area contributed by atoms with Crippen LogP contribution in [0.4, 0.5) is 0 Å². The lowest BCUT2D eigenvalue weighted by Crippen LogP contribution is -2.40. The number of nitrogens with zero attached hydrogens (tertiary/aromatic N) is 1. The minimum Gasteiger partial charge on any atom is -0.314 e.